The van der Waals surface area contributed by atoms with Crippen LogP contribution in [0.15, 0.2) is 6.33 Å². The van der Waals surface area contributed by atoms with Gasteiger partial charge in [0.25, 0.3) is 0 Å². The summed E-state index contributed by atoms with van der Waals surface area (Å²) in [6.07, 6.45) is 3.81. The Bertz CT molecular complexity index is 580. The van der Waals surface area contributed by atoms with Gasteiger partial charge in [0.05, 0.1) is 0 Å². The maximum Gasteiger partial charge on any atom is 0.410 e. The Morgan fingerprint density at radius 1 is 1.38 bits per heavy atom. The fourth-order valence-electron chi connectivity index (χ4n) is 2.93. The molecule has 1 aliphatic heterocycles. The average molecular weight is 355 g/mol. The smallest absolute Gasteiger partial charge is 0.410 e. The third kappa shape index (κ3) is 4.50. The molecule has 0 N–H and O–H groups in total. The van der Waals surface area contributed by atoms with Gasteiger partial charge >= 0.3 is 6.09 Å². The highest BCUT2D eigenvalue weighted by Crippen LogP contribution is 2.27. The van der Waals surface area contributed by atoms with Gasteiger partial charge in [-0.1, -0.05) is 18.5 Å². The van der Waals surface area contributed by atoms with Crippen LogP contribution in [0, 0.1) is 0 Å². The molecule has 0 aromatic carbocycles. The first kappa shape index (κ1) is 18.8. The van der Waals surface area contributed by atoms with Crippen LogP contribution in [0.4, 0.5) is 10.6 Å². The molecule has 0 bridgehead atoms. The zero-order chi connectivity index (χ0) is 17.9. The topological polar surface area (TPSA) is 58.6 Å². The van der Waals surface area contributed by atoms with E-state index in [0.29, 0.717) is 24.3 Å². The minimum Gasteiger partial charge on any atom is -0.444 e. The summed E-state index contributed by atoms with van der Waals surface area (Å²) in [5.41, 5.74) is 0.509. The molecule has 134 valence electrons. The number of likely N-dealkylation sites (tertiary alicyclic amines) is 1. The number of amides is 1. The van der Waals surface area contributed by atoms with Gasteiger partial charge < -0.3 is 14.5 Å². The van der Waals surface area contributed by atoms with Crippen molar-refractivity contribution in [2.75, 3.05) is 25.0 Å². The lowest BCUT2D eigenvalue weighted by atomic mass is 10.0. The Morgan fingerprint density at radius 2 is 2.00 bits per heavy atom. The SMILES string of the molecule is CCc1c(Cl)ncnc1N(C)C1CCN(C(=O)OC(C)(C)C)CC1. The molecule has 0 saturated carbocycles. The van der Waals surface area contributed by atoms with E-state index in [0.717, 1.165) is 30.6 Å². The van der Waals surface area contributed by atoms with Crippen molar-refractivity contribution in [3.05, 3.63) is 17.0 Å². The maximum absolute atomic E-state index is 12.2. The number of rotatable bonds is 3. The number of hydrogen-bond donors (Lipinski definition) is 0. The van der Waals surface area contributed by atoms with Crippen LogP contribution in [0.25, 0.3) is 0 Å². The van der Waals surface area contributed by atoms with Gasteiger partial charge in [-0.25, -0.2) is 14.8 Å². The molecule has 1 fully saturated rings. The van der Waals surface area contributed by atoms with E-state index >= 15 is 0 Å². The number of ether oxygens (including phenoxy) is 1. The first-order valence-corrected chi connectivity index (χ1v) is 8.81. The summed E-state index contributed by atoms with van der Waals surface area (Å²) in [5, 5.41) is 0.514. The van der Waals surface area contributed by atoms with Gasteiger partial charge in [0.1, 0.15) is 22.9 Å². The number of carbonyl (C=O) groups is 1. The van der Waals surface area contributed by atoms with Crippen molar-refractivity contribution < 1.29 is 9.53 Å². The first-order valence-electron chi connectivity index (χ1n) is 8.43. The predicted octanol–water partition coefficient (Wildman–Crippen LogP) is 3.53. The largest absolute Gasteiger partial charge is 0.444 e. The van der Waals surface area contributed by atoms with E-state index in [1.54, 1.807) is 4.90 Å². The summed E-state index contributed by atoms with van der Waals surface area (Å²) in [4.78, 5) is 24.6. The van der Waals surface area contributed by atoms with Crippen molar-refractivity contribution in [2.45, 2.75) is 58.6 Å². The summed E-state index contributed by atoms with van der Waals surface area (Å²) in [6, 6.07) is 0.319. The summed E-state index contributed by atoms with van der Waals surface area (Å²) < 4.78 is 5.45. The molecule has 0 spiro atoms. The number of anilines is 1. The lowest BCUT2D eigenvalue weighted by molar-refractivity contribution is 0.0205. The molecule has 6 nitrogen and oxygen atoms in total. The summed E-state index contributed by atoms with van der Waals surface area (Å²) in [7, 11) is 2.03. The van der Waals surface area contributed by atoms with Crippen LogP contribution >= 0.6 is 11.6 Å². The van der Waals surface area contributed by atoms with Crippen molar-refractivity contribution in [3.63, 3.8) is 0 Å². The molecule has 0 unspecified atom stereocenters. The van der Waals surface area contributed by atoms with Crippen molar-refractivity contribution in [1.82, 2.24) is 14.9 Å². The van der Waals surface area contributed by atoms with Crippen LogP contribution in [0.3, 0.4) is 0 Å². The summed E-state index contributed by atoms with van der Waals surface area (Å²) in [6.45, 7) is 9.07. The third-order valence-corrected chi connectivity index (χ3v) is 4.55. The second kappa shape index (κ2) is 7.55. The van der Waals surface area contributed by atoms with Gasteiger partial charge in [-0.2, -0.15) is 0 Å². The number of nitrogens with zero attached hydrogens (tertiary/aromatic N) is 4. The van der Waals surface area contributed by atoms with E-state index in [9.17, 15) is 4.79 Å². The second-order valence-corrected chi connectivity index (χ2v) is 7.49. The molecule has 0 aliphatic carbocycles. The number of hydrogen-bond acceptors (Lipinski definition) is 5. The predicted molar refractivity (Wildman–Crippen MR) is 95.7 cm³/mol. The van der Waals surface area contributed by atoms with Gasteiger partial charge in [0, 0.05) is 31.7 Å². The van der Waals surface area contributed by atoms with Crippen molar-refractivity contribution in [1.29, 1.82) is 0 Å². The highest BCUT2D eigenvalue weighted by atomic mass is 35.5. The van der Waals surface area contributed by atoms with E-state index < -0.39 is 5.60 Å². The molecule has 1 saturated heterocycles. The Balaban J connectivity index is 2.00. The minimum atomic E-state index is -0.460. The molecule has 24 heavy (non-hydrogen) atoms. The fourth-order valence-corrected chi connectivity index (χ4v) is 3.19. The van der Waals surface area contributed by atoms with Crippen LogP contribution in [-0.2, 0) is 11.2 Å². The number of carbonyl (C=O) groups excluding carboxylic acids is 1. The third-order valence-electron chi connectivity index (χ3n) is 4.22. The van der Waals surface area contributed by atoms with E-state index in [-0.39, 0.29) is 6.09 Å². The van der Waals surface area contributed by atoms with Crippen molar-refractivity contribution >= 4 is 23.5 Å². The van der Waals surface area contributed by atoms with E-state index in [4.69, 9.17) is 16.3 Å². The van der Waals surface area contributed by atoms with E-state index in [1.165, 1.54) is 6.33 Å². The minimum absolute atomic E-state index is 0.233. The summed E-state index contributed by atoms with van der Waals surface area (Å²) in [5.74, 6) is 0.883. The lowest BCUT2D eigenvalue weighted by Gasteiger charge is -2.38. The number of piperidine rings is 1. The highest BCUT2D eigenvalue weighted by molar-refractivity contribution is 6.30. The Labute approximate surface area is 149 Å². The Kier molecular flexibility index (Phi) is 5.91. The Hall–Kier alpha value is -1.56. The molecule has 2 heterocycles. The molecule has 1 aromatic rings. The molecule has 1 amide bonds. The zero-order valence-electron chi connectivity index (χ0n) is 15.2. The summed E-state index contributed by atoms with van der Waals surface area (Å²) >= 11 is 6.19. The molecule has 0 atom stereocenters. The monoisotopic (exact) mass is 354 g/mol. The van der Waals surface area contributed by atoms with Crippen molar-refractivity contribution in [2.24, 2.45) is 0 Å². The fraction of sp³-hybridized carbons (Fsp3) is 0.706. The average Bonchev–Trinajstić information content (AvgIpc) is 2.52. The van der Waals surface area contributed by atoms with Crippen LogP contribution in [0.1, 0.15) is 46.1 Å². The van der Waals surface area contributed by atoms with E-state index in [1.807, 2.05) is 34.7 Å². The molecular formula is C17H27ClN4O2. The molecule has 2 rings (SSSR count). The van der Waals surface area contributed by atoms with Gasteiger partial charge in [0.15, 0.2) is 0 Å². The molecular weight excluding hydrogens is 328 g/mol. The molecule has 7 heteroatoms. The lowest BCUT2D eigenvalue weighted by Crippen LogP contribution is -2.47. The van der Waals surface area contributed by atoms with Gasteiger partial charge in [-0.05, 0) is 40.0 Å². The van der Waals surface area contributed by atoms with Crippen LogP contribution < -0.4 is 4.90 Å². The molecule has 1 aromatic heterocycles. The van der Waals surface area contributed by atoms with E-state index in [2.05, 4.69) is 14.9 Å². The van der Waals surface area contributed by atoms with Crippen molar-refractivity contribution in [3.8, 4) is 0 Å². The van der Waals surface area contributed by atoms with Crippen LogP contribution in [0.5, 0.6) is 0 Å². The van der Waals surface area contributed by atoms with Crippen LogP contribution in [0.2, 0.25) is 5.15 Å². The standard InChI is InChI=1S/C17H27ClN4O2/c1-6-13-14(18)19-11-20-15(13)21(5)12-7-9-22(10-8-12)16(23)24-17(2,3)4/h11-12H,6-10H2,1-5H3. The van der Waals surface area contributed by atoms with Gasteiger partial charge in [0.2, 0.25) is 0 Å². The Morgan fingerprint density at radius 3 is 2.54 bits per heavy atom. The molecule has 1 aliphatic rings. The number of halogens is 1. The highest BCUT2D eigenvalue weighted by Gasteiger charge is 2.29. The van der Waals surface area contributed by atoms with Gasteiger partial charge in [-0.3, -0.25) is 0 Å². The maximum atomic E-state index is 12.2. The second-order valence-electron chi connectivity index (χ2n) is 7.13. The number of aromatic nitrogens is 2. The quantitative estimate of drug-likeness (QED) is 0.777. The first-order chi connectivity index (χ1) is 11.2. The molecule has 0 radical (unpaired) electrons. The normalized spacial score (nSPS) is 16.2. The van der Waals surface area contributed by atoms with Crippen LogP contribution in [-0.4, -0.2) is 52.7 Å². The van der Waals surface area contributed by atoms with Gasteiger partial charge in [-0.15, -0.1) is 0 Å². The zero-order valence-corrected chi connectivity index (χ0v) is 15.9.